The van der Waals surface area contributed by atoms with Crippen LogP contribution in [0.1, 0.15) is 12.5 Å². The molecule has 0 spiro atoms. The van der Waals surface area contributed by atoms with Crippen LogP contribution >= 0.6 is 0 Å². The summed E-state index contributed by atoms with van der Waals surface area (Å²) in [5, 5.41) is 0.929. The lowest BCUT2D eigenvalue weighted by atomic mass is 9.99. The number of carbonyl (C=O) groups is 1. The van der Waals surface area contributed by atoms with Gasteiger partial charge in [-0.2, -0.15) is 0 Å². The summed E-state index contributed by atoms with van der Waals surface area (Å²) in [6, 6.07) is 9.65. The highest BCUT2D eigenvalue weighted by atomic mass is 16.5. The van der Waals surface area contributed by atoms with E-state index in [9.17, 15) is 4.79 Å². The molecule has 1 fully saturated rings. The lowest BCUT2D eigenvalue weighted by molar-refractivity contribution is -0.127. The predicted octanol–water partition coefficient (Wildman–Crippen LogP) is 4.30. The van der Waals surface area contributed by atoms with E-state index in [1.165, 1.54) is 0 Å². The number of piperazine rings is 1. The normalized spacial score (nSPS) is 15.1. The van der Waals surface area contributed by atoms with Crippen molar-refractivity contribution < 1.29 is 23.4 Å². The molecule has 0 bridgehead atoms. The van der Waals surface area contributed by atoms with Gasteiger partial charge < -0.3 is 28.4 Å². The molecule has 1 aromatic heterocycles. The van der Waals surface area contributed by atoms with Crippen LogP contribution in [-0.2, 0) is 4.79 Å². The molecule has 0 radical (unpaired) electrons. The quantitative estimate of drug-likeness (QED) is 0.522. The van der Waals surface area contributed by atoms with Crippen molar-refractivity contribution in [2.45, 2.75) is 6.92 Å². The van der Waals surface area contributed by atoms with Crippen molar-refractivity contribution in [1.29, 1.82) is 0 Å². The van der Waals surface area contributed by atoms with Gasteiger partial charge in [0.25, 0.3) is 0 Å². The molecule has 7 heteroatoms. The Bertz CT molecular complexity index is 1190. The first-order valence-corrected chi connectivity index (χ1v) is 10.9. The van der Waals surface area contributed by atoms with Crippen LogP contribution in [0.5, 0.6) is 17.2 Å². The van der Waals surface area contributed by atoms with Gasteiger partial charge in [-0.05, 0) is 43.3 Å². The van der Waals surface area contributed by atoms with Crippen LogP contribution < -0.4 is 14.2 Å². The highest BCUT2D eigenvalue weighted by Crippen LogP contribution is 2.39. The maximum absolute atomic E-state index is 12.9. The van der Waals surface area contributed by atoms with Gasteiger partial charge in [0.1, 0.15) is 11.3 Å². The van der Waals surface area contributed by atoms with Gasteiger partial charge in [-0.25, -0.2) is 0 Å². The van der Waals surface area contributed by atoms with E-state index in [2.05, 4.69) is 11.9 Å². The van der Waals surface area contributed by atoms with E-state index < -0.39 is 0 Å². The SMILES string of the molecule is COc1ccc(-c2coc3cc(OC)c(/C(C)=C/C(=O)N4CCN(C)CC4)cc23)cc1OC. The summed E-state index contributed by atoms with van der Waals surface area (Å²) in [6.07, 6.45) is 3.43. The fourth-order valence-corrected chi connectivity index (χ4v) is 4.14. The van der Waals surface area contributed by atoms with Crippen molar-refractivity contribution in [3.05, 3.63) is 48.2 Å². The second-order valence-corrected chi connectivity index (χ2v) is 8.22. The summed E-state index contributed by atoms with van der Waals surface area (Å²) in [7, 11) is 6.92. The summed E-state index contributed by atoms with van der Waals surface area (Å²) >= 11 is 0. The molecule has 1 aliphatic rings. The number of fused-ring (bicyclic) bond motifs is 1. The average molecular weight is 451 g/mol. The first-order chi connectivity index (χ1) is 15.9. The maximum atomic E-state index is 12.9. The van der Waals surface area contributed by atoms with Crippen LogP contribution in [0.4, 0.5) is 0 Å². The van der Waals surface area contributed by atoms with Crippen molar-refractivity contribution in [3.8, 4) is 28.4 Å². The second kappa shape index (κ2) is 9.58. The third kappa shape index (κ3) is 4.54. The Morgan fingerprint density at radius 1 is 0.939 bits per heavy atom. The molecule has 4 rings (SSSR count). The van der Waals surface area contributed by atoms with Crippen molar-refractivity contribution in [3.63, 3.8) is 0 Å². The lowest BCUT2D eigenvalue weighted by Crippen LogP contribution is -2.46. The number of rotatable bonds is 6. The van der Waals surface area contributed by atoms with Gasteiger partial charge in [0.05, 0.1) is 27.6 Å². The molecule has 0 atom stereocenters. The van der Waals surface area contributed by atoms with Crippen LogP contribution in [0, 0.1) is 0 Å². The van der Waals surface area contributed by atoms with Crippen molar-refractivity contribution >= 4 is 22.4 Å². The highest BCUT2D eigenvalue weighted by molar-refractivity contribution is 6.00. The fourth-order valence-electron chi connectivity index (χ4n) is 4.14. The monoisotopic (exact) mass is 450 g/mol. The van der Waals surface area contributed by atoms with Gasteiger partial charge in [0.15, 0.2) is 11.5 Å². The Morgan fingerprint density at radius 3 is 2.30 bits per heavy atom. The largest absolute Gasteiger partial charge is 0.496 e. The summed E-state index contributed by atoms with van der Waals surface area (Å²) in [5.41, 5.74) is 4.28. The molecule has 1 saturated heterocycles. The average Bonchev–Trinajstić information content (AvgIpc) is 3.25. The van der Waals surface area contributed by atoms with Gasteiger partial charge in [0.2, 0.25) is 5.91 Å². The lowest BCUT2D eigenvalue weighted by Gasteiger charge is -2.31. The summed E-state index contributed by atoms with van der Waals surface area (Å²) in [5.74, 6) is 2.00. The zero-order valence-electron chi connectivity index (χ0n) is 19.8. The van der Waals surface area contributed by atoms with Crippen LogP contribution in [0.25, 0.3) is 27.7 Å². The number of methoxy groups -OCH3 is 3. The summed E-state index contributed by atoms with van der Waals surface area (Å²) < 4.78 is 22.3. The molecular formula is C26H30N2O5. The fraction of sp³-hybridized carbons (Fsp3) is 0.346. The molecule has 2 aromatic carbocycles. The minimum atomic E-state index is 0.0232. The molecule has 0 unspecified atom stereocenters. The molecule has 0 saturated carbocycles. The molecule has 0 N–H and O–H groups in total. The first-order valence-electron chi connectivity index (χ1n) is 10.9. The van der Waals surface area contributed by atoms with E-state index >= 15 is 0 Å². The minimum Gasteiger partial charge on any atom is -0.496 e. The summed E-state index contributed by atoms with van der Waals surface area (Å²) in [4.78, 5) is 17.0. The Balaban J connectivity index is 1.72. The van der Waals surface area contributed by atoms with Crippen LogP contribution in [0.2, 0.25) is 0 Å². The first kappa shape index (κ1) is 22.7. The number of allylic oxidation sites excluding steroid dienone is 1. The van der Waals surface area contributed by atoms with E-state index in [-0.39, 0.29) is 5.91 Å². The number of likely N-dealkylation sites (N-methyl/N-ethyl adjacent to an activating group) is 1. The van der Waals surface area contributed by atoms with Gasteiger partial charge in [-0.1, -0.05) is 6.07 Å². The van der Waals surface area contributed by atoms with Crippen molar-refractivity contribution in [2.24, 2.45) is 0 Å². The van der Waals surface area contributed by atoms with E-state index in [0.717, 1.165) is 53.8 Å². The molecule has 1 amide bonds. The number of amides is 1. The van der Waals surface area contributed by atoms with Crippen LogP contribution in [-0.4, -0.2) is 70.3 Å². The van der Waals surface area contributed by atoms with Crippen LogP contribution in [0.15, 0.2) is 47.1 Å². The highest BCUT2D eigenvalue weighted by Gasteiger charge is 2.20. The smallest absolute Gasteiger partial charge is 0.246 e. The number of carbonyl (C=O) groups excluding carboxylic acids is 1. The number of furan rings is 1. The topological polar surface area (TPSA) is 64.4 Å². The number of ether oxygens (including phenoxy) is 3. The Labute approximate surface area is 194 Å². The van der Waals surface area contributed by atoms with Crippen molar-refractivity contribution in [2.75, 3.05) is 54.6 Å². The molecule has 0 aliphatic carbocycles. The zero-order chi connectivity index (χ0) is 23.5. The van der Waals surface area contributed by atoms with E-state index in [1.54, 1.807) is 33.7 Å². The van der Waals surface area contributed by atoms with E-state index in [1.807, 2.05) is 42.2 Å². The Morgan fingerprint density at radius 2 is 1.64 bits per heavy atom. The zero-order valence-corrected chi connectivity index (χ0v) is 19.8. The Hall–Kier alpha value is -3.45. The van der Waals surface area contributed by atoms with Crippen LogP contribution in [0.3, 0.4) is 0 Å². The Kier molecular flexibility index (Phi) is 6.60. The van der Waals surface area contributed by atoms with E-state index in [4.69, 9.17) is 18.6 Å². The van der Waals surface area contributed by atoms with Gasteiger partial charge in [-0.15, -0.1) is 0 Å². The minimum absolute atomic E-state index is 0.0232. The van der Waals surface area contributed by atoms with Gasteiger partial charge in [0, 0.05) is 54.8 Å². The molecule has 7 nitrogen and oxygen atoms in total. The third-order valence-electron chi connectivity index (χ3n) is 6.17. The third-order valence-corrected chi connectivity index (χ3v) is 6.17. The maximum Gasteiger partial charge on any atom is 0.246 e. The standard InChI is InChI=1S/C26H30N2O5/c1-17(12-26(29)28-10-8-27(2)9-11-28)19-14-20-21(16-33-24(20)15-23(19)31-4)18-6-7-22(30-3)25(13-18)32-5/h6-7,12-16H,8-11H2,1-5H3/b17-12+. The molecule has 33 heavy (non-hydrogen) atoms. The molecular weight excluding hydrogens is 420 g/mol. The number of benzene rings is 2. The van der Waals surface area contributed by atoms with E-state index in [0.29, 0.717) is 22.8 Å². The number of hydrogen-bond donors (Lipinski definition) is 0. The van der Waals surface area contributed by atoms with Gasteiger partial charge in [-0.3, -0.25) is 4.79 Å². The summed E-state index contributed by atoms with van der Waals surface area (Å²) in [6.45, 7) is 5.18. The predicted molar refractivity (Wildman–Crippen MR) is 129 cm³/mol. The molecule has 1 aliphatic heterocycles. The molecule has 3 aromatic rings. The number of nitrogens with zero attached hydrogens (tertiary/aromatic N) is 2. The van der Waals surface area contributed by atoms with Crippen molar-refractivity contribution in [1.82, 2.24) is 9.80 Å². The second-order valence-electron chi connectivity index (χ2n) is 8.22. The molecule has 174 valence electrons. The number of hydrogen-bond acceptors (Lipinski definition) is 6. The van der Waals surface area contributed by atoms with Gasteiger partial charge >= 0.3 is 0 Å². The molecule has 2 heterocycles.